The third-order valence-corrected chi connectivity index (χ3v) is 4.18. The van der Waals surface area contributed by atoms with Gasteiger partial charge in [-0.25, -0.2) is 4.98 Å². The molecule has 3 rings (SSSR count). The van der Waals surface area contributed by atoms with Crippen LogP contribution in [0.2, 0.25) is 0 Å². The zero-order valence-corrected chi connectivity index (χ0v) is 13.3. The first kappa shape index (κ1) is 15.2. The maximum atomic E-state index is 12.2. The monoisotopic (exact) mass is 325 g/mol. The number of hydrogen-bond acceptors (Lipinski definition) is 5. The highest BCUT2D eigenvalue weighted by atomic mass is 32.1. The summed E-state index contributed by atoms with van der Waals surface area (Å²) >= 11 is 1.53. The first-order valence-electron chi connectivity index (χ1n) is 7.04. The van der Waals surface area contributed by atoms with Crippen LogP contribution in [0.5, 0.6) is 5.75 Å². The number of nitrogens with one attached hydrogen (secondary N) is 1. The van der Waals surface area contributed by atoms with Crippen molar-refractivity contribution in [2.75, 3.05) is 7.11 Å². The number of nitrogens with zero attached hydrogens (tertiary/aromatic N) is 2. The van der Waals surface area contributed by atoms with Crippen LogP contribution in [0, 0.1) is 0 Å². The molecule has 2 aromatic heterocycles. The van der Waals surface area contributed by atoms with Gasteiger partial charge in [-0.2, -0.15) is 0 Å². The average Bonchev–Trinajstić information content (AvgIpc) is 3.09. The minimum Gasteiger partial charge on any atom is -0.496 e. The topological polar surface area (TPSA) is 64.1 Å². The Labute approximate surface area is 138 Å². The van der Waals surface area contributed by atoms with Gasteiger partial charge in [-0.3, -0.25) is 9.78 Å². The predicted molar refractivity (Wildman–Crippen MR) is 89.5 cm³/mol. The van der Waals surface area contributed by atoms with E-state index in [0.717, 1.165) is 16.3 Å². The van der Waals surface area contributed by atoms with Crippen LogP contribution < -0.4 is 10.1 Å². The molecule has 0 saturated carbocycles. The second-order valence-corrected chi connectivity index (χ2v) is 5.63. The van der Waals surface area contributed by atoms with Crippen molar-refractivity contribution >= 4 is 17.2 Å². The van der Waals surface area contributed by atoms with Crippen LogP contribution in [-0.4, -0.2) is 23.0 Å². The third kappa shape index (κ3) is 3.54. The van der Waals surface area contributed by atoms with Gasteiger partial charge in [0.15, 0.2) is 0 Å². The van der Waals surface area contributed by atoms with Gasteiger partial charge in [-0.05, 0) is 24.3 Å². The number of pyridine rings is 1. The van der Waals surface area contributed by atoms with E-state index in [1.165, 1.54) is 11.3 Å². The first-order valence-corrected chi connectivity index (χ1v) is 7.92. The smallest absolute Gasteiger partial charge is 0.255 e. The highest BCUT2D eigenvalue weighted by Gasteiger charge is 2.12. The number of carbonyl (C=O) groups is 1. The van der Waals surface area contributed by atoms with E-state index in [1.807, 2.05) is 23.6 Å². The number of rotatable bonds is 5. The fourth-order valence-corrected chi connectivity index (χ4v) is 2.92. The molecule has 6 heteroatoms. The molecule has 23 heavy (non-hydrogen) atoms. The fraction of sp³-hybridized carbons (Fsp3) is 0.118. The van der Waals surface area contributed by atoms with Crippen molar-refractivity contribution < 1.29 is 9.53 Å². The Kier molecular flexibility index (Phi) is 4.63. The Morgan fingerprint density at radius 3 is 2.91 bits per heavy atom. The number of carbonyl (C=O) groups excluding carboxylic acids is 1. The Hall–Kier alpha value is -2.73. The van der Waals surface area contributed by atoms with E-state index in [4.69, 9.17) is 4.74 Å². The lowest BCUT2D eigenvalue weighted by Crippen LogP contribution is -2.23. The van der Waals surface area contributed by atoms with Gasteiger partial charge in [0.1, 0.15) is 10.8 Å². The normalized spacial score (nSPS) is 10.3. The van der Waals surface area contributed by atoms with Crippen LogP contribution in [0.3, 0.4) is 0 Å². The van der Waals surface area contributed by atoms with Crippen molar-refractivity contribution in [3.8, 4) is 16.3 Å². The number of ether oxygens (including phenoxy) is 1. The van der Waals surface area contributed by atoms with E-state index in [9.17, 15) is 4.79 Å². The zero-order valence-electron chi connectivity index (χ0n) is 12.5. The van der Waals surface area contributed by atoms with E-state index in [-0.39, 0.29) is 5.91 Å². The molecule has 2 heterocycles. The molecule has 1 aromatic carbocycles. The molecule has 5 nitrogen and oxygen atoms in total. The second-order valence-electron chi connectivity index (χ2n) is 4.77. The van der Waals surface area contributed by atoms with Crippen molar-refractivity contribution in [1.82, 2.24) is 15.3 Å². The molecule has 0 unspecified atom stereocenters. The molecule has 1 amide bonds. The molecule has 0 fully saturated rings. The van der Waals surface area contributed by atoms with Gasteiger partial charge in [-0.1, -0.05) is 12.1 Å². The molecular weight excluding hydrogens is 310 g/mol. The molecular formula is C17H15N3O2S. The van der Waals surface area contributed by atoms with E-state index in [0.29, 0.717) is 17.9 Å². The lowest BCUT2D eigenvalue weighted by molar-refractivity contribution is 0.0947. The molecule has 0 aliphatic carbocycles. The number of hydrogen-bond donors (Lipinski definition) is 1. The lowest BCUT2D eigenvalue weighted by atomic mass is 10.2. The molecule has 0 radical (unpaired) electrons. The minimum atomic E-state index is -0.182. The van der Waals surface area contributed by atoms with E-state index >= 15 is 0 Å². The van der Waals surface area contributed by atoms with Crippen LogP contribution >= 0.6 is 11.3 Å². The Balaban J connectivity index is 1.67. The number of benzene rings is 1. The lowest BCUT2D eigenvalue weighted by Gasteiger charge is -2.08. The van der Waals surface area contributed by atoms with Crippen molar-refractivity contribution in [3.63, 3.8) is 0 Å². The van der Waals surface area contributed by atoms with Crippen molar-refractivity contribution in [3.05, 3.63) is 65.4 Å². The summed E-state index contributed by atoms with van der Waals surface area (Å²) in [6.07, 6.45) is 3.50. The molecule has 0 aliphatic heterocycles. The molecule has 0 bridgehead atoms. The van der Waals surface area contributed by atoms with Crippen LogP contribution in [0.4, 0.5) is 0 Å². The van der Waals surface area contributed by atoms with Crippen molar-refractivity contribution in [2.24, 2.45) is 0 Å². The highest BCUT2D eigenvalue weighted by Crippen LogP contribution is 2.22. The van der Waals surface area contributed by atoms with Gasteiger partial charge < -0.3 is 10.1 Å². The number of amides is 1. The first-order chi connectivity index (χ1) is 11.3. The largest absolute Gasteiger partial charge is 0.496 e. The molecule has 1 N–H and O–H groups in total. The molecule has 0 aliphatic rings. The van der Waals surface area contributed by atoms with Gasteiger partial charge in [0.25, 0.3) is 5.91 Å². The summed E-state index contributed by atoms with van der Waals surface area (Å²) < 4.78 is 5.20. The van der Waals surface area contributed by atoms with Crippen LogP contribution in [0.1, 0.15) is 16.1 Å². The minimum absolute atomic E-state index is 0.182. The summed E-state index contributed by atoms with van der Waals surface area (Å²) in [5, 5.41) is 5.69. The number of methoxy groups -OCH3 is 1. The van der Waals surface area contributed by atoms with Crippen LogP contribution in [0.25, 0.3) is 10.6 Å². The SMILES string of the molecule is COc1ccccc1C(=O)NCc1csc(-c2cccnc2)n1. The standard InChI is InChI=1S/C17H15N3O2S/c1-22-15-7-3-2-6-14(15)16(21)19-10-13-11-23-17(20-13)12-5-4-8-18-9-12/h2-9,11H,10H2,1H3,(H,19,21). The average molecular weight is 325 g/mol. The highest BCUT2D eigenvalue weighted by molar-refractivity contribution is 7.13. The van der Waals surface area contributed by atoms with Gasteiger partial charge in [0.05, 0.1) is 24.9 Å². The maximum Gasteiger partial charge on any atom is 0.255 e. The van der Waals surface area contributed by atoms with Gasteiger partial charge in [-0.15, -0.1) is 11.3 Å². The summed E-state index contributed by atoms with van der Waals surface area (Å²) in [6, 6.07) is 11.0. The number of aromatic nitrogens is 2. The van der Waals surface area contributed by atoms with Gasteiger partial charge in [0.2, 0.25) is 0 Å². The fourth-order valence-electron chi connectivity index (χ4n) is 2.11. The van der Waals surface area contributed by atoms with E-state index in [1.54, 1.807) is 37.7 Å². The summed E-state index contributed by atoms with van der Waals surface area (Å²) in [5.74, 6) is 0.373. The third-order valence-electron chi connectivity index (χ3n) is 3.24. The van der Waals surface area contributed by atoms with E-state index < -0.39 is 0 Å². The summed E-state index contributed by atoms with van der Waals surface area (Å²) in [7, 11) is 1.55. The Morgan fingerprint density at radius 1 is 1.26 bits per heavy atom. The van der Waals surface area contributed by atoms with Crippen molar-refractivity contribution in [2.45, 2.75) is 6.54 Å². The molecule has 3 aromatic rings. The molecule has 0 saturated heterocycles. The van der Waals surface area contributed by atoms with Crippen molar-refractivity contribution in [1.29, 1.82) is 0 Å². The summed E-state index contributed by atoms with van der Waals surface area (Å²) in [6.45, 7) is 0.369. The number of para-hydroxylation sites is 1. The summed E-state index contributed by atoms with van der Waals surface area (Å²) in [5.41, 5.74) is 2.30. The Bertz CT molecular complexity index is 802. The van der Waals surface area contributed by atoms with Gasteiger partial charge >= 0.3 is 0 Å². The van der Waals surface area contributed by atoms with Gasteiger partial charge in [0, 0.05) is 23.3 Å². The molecule has 116 valence electrons. The Morgan fingerprint density at radius 2 is 2.13 bits per heavy atom. The maximum absolute atomic E-state index is 12.2. The van der Waals surface area contributed by atoms with Crippen LogP contribution in [0.15, 0.2) is 54.2 Å². The van der Waals surface area contributed by atoms with E-state index in [2.05, 4.69) is 15.3 Å². The number of thiazole rings is 1. The zero-order chi connectivity index (χ0) is 16.1. The molecule has 0 atom stereocenters. The molecule has 0 spiro atoms. The van der Waals surface area contributed by atoms with Crippen LogP contribution in [-0.2, 0) is 6.54 Å². The predicted octanol–water partition coefficient (Wildman–Crippen LogP) is 3.14. The second kappa shape index (κ2) is 7.02. The summed E-state index contributed by atoms with van der Waals surface area (Å²) in [4.78, 5) is 20.9. The quantitative estimate of drug-likeness (QED) is 0.783.